The summed E-state index contributed by atoms with van der Waals surface area (Å²) in [5.74, 6) is 0.876. The van der Waals surface area contributed by atoms with Crippen LogP contribution in [0.5, 0.6) is 5.75 Å². The lowest BCUT2D eigenvalue weighted by Gasteiger charge is -2.06. The molecule has 0 saturated heterocycles. The Morgan fingerprint density at radius 2 is 2.31 bits per heavy atom. The third kappa shape index (κ3) is 2.88. The molecule has 0 aliphatic heterocycles. The van der Waals surface area contributed by atoms with Crippen molar-refractivity contribution < 1.29 is 4.74 Å². The van der Waals surface area contributed by atoms with Gasteiger partial charge >= 0.3 is 0 Å². The Morgan fingerprint density at radius 1 is 1.54 bits per heavy atom. The number of ether oxygens (including phenoxy) is 1. The highest BCUT2D eigenvalue weighted by Gasteiger charge is 2.00. The molecule has 1 aromatic carbocycles. The Hall–Kier alpha value is -0.760. The molecule has 0 bridgehead atoms. The zero-order valence-electron chi connectivity index (χ0n) is 7.64. The minimum atomic E-state index is 0.746. The largest absolute Gasteiger partial charge is 0.492 e. The summed E-state index contributed by atoms with van der Waals surface area (Å²) < 4.78 is 6.44. The highest BCUT2D eigenvalue weighted by Crippen LogP contribution is 2.25. The van der Waals surface area contributed by atoms with Crippen LogP contribution in [0, 0.1) is 6.08 Å². The van der Waals surface area contributed by atoms with Crippen LogP contribution in [0.15, 0.2) is 29.3 Å². The molecule has 1 nitrogen and oxygen atoms in total. The van der Waals surface area contributed by atoms with E-state index in [0.29, 0.717) is 0 Å². The van der Waals surface area contributed by atoms with Crippen LogP contribution in [0.4, 0.5) is 0 Å². The molecule has 1 radical (unpaired) electrons. The van der Waals surface area contributed by atoms with Crippen LogP contribution in [0.2, 0.25) is 0 Å². The fraction of sp³-hybridized carbons (Fsp3) is 0.273. The van der Waals surface area contributed by atoms with Gasteiger partial charge in [-0.05, 0) is 46.1 Å². The molecule has 0 aromatic heterocycles. The van der Waals surface area contributed by atoms with E-state index in [1.807, 2.05) is 18.2 Å². The van der Waals surface area contributed by atoms with Crippen molar-refractivity contribution in [2.24, 2.45) is 0 Å². The van der Waals surface area contributed by atoms with Crippen molar-refractivity contribution in [1.29, 1.82) is 0 Å². The maximum Gasteiger partial charge on any atom is 0.133 e. The van der Waals surface area contributed by atoms with E-state index >= 15 is 0 Å². The van der Waals surface area contributed by atoms with Gasteiger partial charge in [-0.3, -0.25) is 0 Å². The van der Waals surface area contributed by atoms with Gasteiger partial charge in [0.2, 0.25) is 0 Å². The molecule has 0 spiro atoms. The van der Waals surface area contributed by atoms with Gasteiger partial charge in [0.05, 0.1) is 11.1 Å². The zero-order valence-corrected chi connectivity index (χ0v) is 9.23. The Morgan fingerprint density at radius 3 is 2.85 bits per heavy atom. The number of halogens is 1. The summed E-state index contributed by atoms with van der Waals surface area (Å²) in [5, 5.41) is 0. The van der Waals surface area contributed by atoms with Gasteiger partial charge in [0, 0.05) is 0 Å². The number of benzene rings is 1. The minimum absolute atomic E-state index is 0.746. The molecule has 0 heterocycles. The highest BCUT2D eigenvalue weighted by atomic mass is 79.9. The first-order chi connectivity index (χ1) is 6.27. The van der Waals surface area contributed by atoms with Crippen LogP contribution in [-0.2, 0) is 0 Å². The highest BCUT2D eigenvalue weighted by molar-refractivity contribution is 9.10. The van der Waals surface area contributed by atoms with E-state index in [1.165, 1.54) is 0 Å². The van der Waals surface area contributed by atoms with Crippen LogP contribution in [-0.4, -0.2) is 6.61 Å². The molecule has 1 rings (SSSR count). The molecule has 0 aliphatic rings. The summed E-state index contributed by atoms with van der Waals surface area (Å²) in [7, 11) is 0. The minimum Gasteiger partial charge on any atom is -0.492 e. The van der Waals surface area contributed by atoms with Gasteiger partial charge in [0.15, 0.2) is 0 Å². The fourth-order valence-corrected chi connectivity index (χ4v) is 1.43. The summed E-state index contributed by atoms with van der Waals surface area (Å²) in [6, 6.07) is 5.80. The quantitative estimate of drug-likeness (QED) is 0.781. The molecule has 0 N–H and O–H groups in total. The van der Waals surface area contributed by atoms with Crippen LogP contribution < -0.4 is 4.74 Å². The average molecular weight is 240 g/mol. The van der Waals surface area contributed by atoms with Crippen molar-refractivity contribution in [1.82, 2.24) is 0 Å². The van der Waals surface area contributed by atoms with Crippen molar-refractivity contribution in [3.63, 3.8) is 0 Å². The summed E-state index contributed by atoms with van der Waals surface area (Å²) in [4.78, 5) is 0. The van der Waals surface area contributed by atoms with Gasteiger partial charge in [-0.2, -0.15) is 0 Å². The Kier molecular flexibility index (Phi) is 4.03. The Labute approximate surface area is 87.5 Å². The summed E-state index contributed by atoms with van der Waals surface area (Å²) in [6.45, 7) is 6.41. The van der Waals surface area contributed by atoms with Crippen LogP contribution in [0.1, 0.15) is 18.9 Å². The van der Waals surface area contributed by atoms with E-state index in [2.05, 4.69) is 35.5 Å². The second-order valence-corrected chi connectivity index (χ2v) is 3.52. The molecule has 13 heavy (non-hydrogen) atoms. The van der Waals surface area contributed by atoms with Crippen molar-refractivity contribution >= 4 is 15.9 Å². The maximum atomic E-state index is 5.49. The number of hydrogen-bond acceptors (Lipinski definition) is 1. The first-order valence-corrected chi connectivity index (χ1v) is 5.02. The monoisotopic (exact) mass is 239 g/mol. The third-order valence-electron chi connectivity index (χ3n) is 1.60. The summed E-state index contributed by atoms with van der Waals surface area (Å²) >= 11 is 3.43. The molecule has 1 aromatic rings. The van der Waals surface area contributed by atoms with Gasteiger partial charge in [0.25, 0.3) is 0 Å². The lowest BCUT2D eigenvalue weighted by molar-refractivity contribution is 0.315. The molecule has 0 saturated carbocycles. The molecule has 0 atom stereocenters. The molecule has 0 aliphatic carbocycles. The predicted molar refractivity (Wildman–Crippen MR) is 57.9 cm³/mol. The molecular formula is C11H12BrO. The second-order valence-electron chi connectivity index (χ2n) is 2.67. The standard InChI is InChI=1S/C11H12BrO/c1-3-7-13-11-6-5-9(4-2)8-10(11)12/h5-6,8H,2-3,7H2,1H3. The number of hydrogen-bond donors (Lipinski definition) is 0. The Bertz CT molecular complexity index is 294. The van der Waals surface area contributed by atoms with Crippen LogP contribution in [0.25, 0.3) is 0 Å². The van der Waals surface area contributed by atoms with E-state index in [4.69, 9.17) is 4.74 Å². The van der Waals surface area contributed by atoms with E-state index < -0.39 is 0 Å². The van der Waals surface area contributed by atoms with E-state index in [0.717, 1.165) is 28.8 Å². The molecule has 0 unspecified atom stereocenters. The lowest BCUT2D eigenvalue weighted by Crippen LogP contribution is -1.95. The Balaban J connectivity index is 2.79. The van der Waals surface area contributed by atoms with Gasteiger partial charge in [-0.1, -0.05) is 19.6 Å². The molecular weight excluding hydrogens is 228 g/mol. The third-order valence-corrected chi connectivity index (χ3v) is 2.22. The van der Waals surface area contributed by atoms with Crippen molar-refractivity contribution in [3.05, 3.63) is 40.9 Å². The molecule has 2 heteroatoms. The molecule has 0 fully saturated rings. The normalized spacial score (nSPS) is 9.69. The van der Waals surface area contributed by atoms with E-state index in [-0.39, 0.29) is 0 Å². The average Bonchev–Trinajstić information content (AvgIpc) is 2.16. The van der Waals surface area contributed by atoms with Crippen molar-refractivity contribution in [3.8, 4) is 5.75 Å². The first kappa shape index (κ1) is 10.3. The first-order valence-electron chi connectivity index (χ1n) is 4.23. The van der Waals surface area contributed by atoms with Crippen molar-refractivity contribution in [2.75, 3.05) is 6.61 Å². The van der Waals surface area contributed by atoms with Gasteiger partial charge in [0.1, 0.15) is 5.75 Å². The van der Waals surface area contributed by atoms with Gasteiger partial charge in [-0.25, -0.2) is 0 Å². The predicted octanol–water partition coefficient (Wildman–Crippen LogP) is 3.58. The van der Waals surface area contributed by atoms with Crippen molar-refractivity contribution in [2.45, 2.75) is 13.3 Å². The lowest BCUT2D eigenvalue weighted by atomic mass is 10.2. The second kappa shape index (κ2) is 5.07. The molecule has 0 amide bonds. The van der Waals surface area contributed by atoms with E-state index in [1.54, 1.807) is 0 Å². The summed E-state index contributed by atoms with van der Waals surface area (Å²) in [5.41, 5.74) is 0.968. The zero-order chi connectivity index (χ0) is 9.68. The summed E-state index contributed by atoms with van der Waals surface area (Å²) in [6.07, 6.45) is 3.83. The van der Waals surface area contributed by atoms with Gasteiger partial charge in [-0.15, -0.1) is 0 Å². The smallest absolute Gasteiger partial charge is 0.133 e. The van der Waals surface area contributed by atoms with Gasteiger partial charge < -0.3 is 4.74 Å². The van der Waals surface area contributed by atoms with E-state index in [9.17, 15) is 0 Å². The van der Waals surface area contributed by atoms with Crippen LogP contribution in [0.3, 0.4) is 0 Å². The SMILES string of the molecule is C=[C]c1ccc(OCCC)c(Br)c1. The van der Waals surface area contributed by atoms with Crippen LogP contribution >= 0.6 is 15.9 Å². The maximum absolute atomic E-state index is 5.49. The molecule has 69 valence electrons. The topological polar surface area (TPSA) is 9.23 Å². The number of rotatable bonds is 4. The fourth-order valence-electron chi connectivity index (χ4n) is 0.940.